The number of nitrogens with one attached hydrogen (secondary N) is 4. The summed E-state index contributed by atoms with van der Waals surface area (Å²) >= 11 is 1.90. The van der Waals surface area contributed by atoms with Crippen molar-refractivity contribution in [2.24, 2.45) is 10.8 Å². The number of rotatable bonds is 33. The van der Waals surface area contributed by atoms with E-state index in [9.17, 15) is 19.2 Å². The number of thioether (sulfide) groups is 1. The molecule has 1 aromatic heterocycles. The van der Waals surface area contributed by atoms with Gasteiger partial charge in [-0.15, -0.1) is 5.10 Å². The van der Waals surface area contributed by atoms with E-state index in [4.69, 9.17) is 23.7 Å². The molecule has 0 radical (unpaired) electrons. The second kappa shape index (κ2) is 29.1. The third-order valence-electron chi connectivity index (χ3n) is 12.4. The summed E-state index contributed by atoms with van der Waals surface area (Å²) in [6.45, 7) is 21.2. The van der Waals surface area contributed by atoms with E-state index in [0.29, 0.717) is 135 Å². The molecule has 3 aliphatic heterocycles. The van der Waals surface area contributed by atoms with Gasteiger partial charge in [-0.05, 0) is 53.0 Å². The Kier molecular flexibility index (Phi) is 24.5. The molecule has 0 unspecified atom stereocenters. The van der Waals surface area contributed by atoms with Crippen LogP contribution in [0.1, 0.15) is 111 Å². The van der Waals surface area contributed by atoms with Crippen molar-refractivity contribution < 1.29 is 42.9 Å². The largest absolute Gasteiger partial charge is 0.380 e. The highest BCUT2D eigenvalue weighted by Gasteiger charge is 2.42. The van der Waals surface area contributed by atoms with Crippen LogP contribution in [0.3, 0.4) is 0 Å². The first-order valence-corrected chi connectivity index (χ1v) is 25.6. The number of hydrogen-bond acceptors (Lipinski definition) is 13. The van der Waals surface area contributed by atoms with Gasteiger partial charge in [-0.2, -0.15) is 11.8 Å². The number of urea groups is 1. The zero-order chi connectivity index (χ0) is 48.0. The number of unbranched alkanes of at least 4 members (excludes halogenated alkanes) is 1. The Labute approximate surface area is 399 Å². The van der Waals surface area contributed by atoms with E-state index in [1.54, 1.807) is 7.11 Å². The first-order chi connectivity index (χ1) is 31.6. The fourth-order valence-electron chi connectivity index (χ4n) is 8.48. The molecule has 0 spiro atoms. The molecule has 4 rings (SSSR count). The predicted molar refractivity (Wildman–Crippen MR) is 256 cm³/mol. The first-order valence-electron chi connectivity index (χ1n) is 24.5. The molecule has 0 aliphatic carbocycles. The molecule has 5 amide bonds. The van der Waals surface area contributed by atoms with Gasteiger partial charge in [0.25, 0.3) is 0 Å². The molecule has 4 heterocycles. The Morgan fingerprint density at radius 2 is 1.48 bits per heavy atom. The molecule has 66 heavy (non-hydrogen) atoms. The van der Waals surface area contributed by atoms with Gasteiger partial charge in [0.2, 0.25) is 17.7 Å². The van der Waals surface area contributed by atoms with Crippen LogP contribution in [-0.4, -0.2) is 184 Å². The smallest absolute Gasteiger partial charge is 0.315 e. The zero-order valence-electron chi connectivity index (χ0n) is 41.6. The van der Waals surface area contributed by atoms with Gasteiger partial charge < -0.3 is 54.8 Å². The molecule has 0 bridgehead atoms. The molecule has 4 atom stereocenters. The minimum Gasteiger partial charge on any atom is -0.380 e. The summed E-state index contributed by atoms with van der Waals surface area (Å²) in [4.78, 5) is 53.8. The average Bonchev–Trinajstić information content (AvgIpc) is 3.93. The summed E-state index contributed by atoms with van der Waals surface area (Å²) in [5.41, 5.74) is 1.81. The van der Waals surface area contributed by atoms with Crippen LogP contribution in [-0.2, 0) is 57.5 Å². The predicted octanol–water partition coefficient (Wildman–Crippen LogP) is 3.59. The summed E-state index contributed by atoms with van der Waals surface area (Å²) < 4.78 is 30.9. The Balaban J connectivity index is 0.961. The number of amides is 5. The van der Waals surface area contributed by atoms with Gasteiger partial charge in [-0.1, -0.05) is 39.3 Å². The Bertz CT molecular complexity index is 1620. The van der Waals surface area contributed by atoms with E-state index >= 15 is 0 Å². The van der Waals surface area contributed by atoms with Crippen molar-refractivity contribution >= 4 is 35.5 Å². The maximum Gasteiger partial charge on any atom is 0.315 e. The normalized spacial score (nSPS) is 19.9. The van der Waals surface area contributed by atoms with E-state index in [-0.39, 0.29) is 59.2 Å². The van der Waals surface area contributed by atoms with Crippen molar-refractivity contribution in [3.8, 4) is 0 Å². The highest BCUT2D eigenvalue weighted by molar-refractivity contribution is 8.00. The standard InChI is InChI=1S/C47H85N9O9S/c1-35(2)54(7)31-46(3,4)33-65-34-47(5,6)32-56-39-18-21-55(29-36(61-8)28-37(39)52-53-56)43(59)17-11-16-42(58)49-20-13-23-63-25-27-64-26-24-62-22-12-19-48-41(57)15-10-9-14-40-44-38(30-66-40)50-45(60)51-44/h35-36,38,40,44H,9-34H2,1-8H3,(H,48,57)(H,49,58)(H2,50,51,60)/t36-,38+,40+,44+/m1/s1. The van der Waals surface area contributed by atoms with Crippen LogP contribution in [0, 0.1) is 10.8 Å². The molecule has 18 nitrogen and oxygen atoms in total. The van der Waals surface area contributed by atoms with E-state index in [1.165, 1.54) is 0 Å². The van der Waals surface area contributed by atoms with Crippen LogP contribution < -0.4 is 21.3 Å². The van der Waals surface area contributed by atoms with Crippen LogP contribution in [0.5, 0.6) is 0 Å². The zero-order valence-corrected chi connectivity index (χ0v) is 42.4. The van der Waals surface area contributed by atoms with Crippen molar-refractivity contribution in [2.75, 3.05) is 105 Å². The fraction of sp³-hybridized carbons (Fsp3) is 0.872. The number of hydrogen-bond donors (Lipinski definition) is 4. The molecule has 0 saturated carbocycles. The van der Waals surface area contributed by atoms with Gasteiger partial charge >= 0.3 is 6.03 Å². The molecule has 2 fully saturated rings. The third-order valence-corrected chi connectivity index (χ3v) is 13.9. The minimum atomic E-state index is -0.199. The van der Waals surface area contributed by atoms with Crippen LogP contribution in [0.2, 0.25) is 0 Å². The van der Waals surface area contributed by atoms with Crippen LogP contribution in [0.15, 0.2) is 0 Å². The van der Waals surface area contributed by atoms with Crippen LogP contribution in [0.25, 0.3) is 0 Å². The Hall–Kier alpha value is -3.07. The molecule has 1 aromatic rings. The quantitative estimate of drug-likeness (QED) is 0.0590. The highest BCUT2D eigenvalue weighted by atomic mass is 32.2. The molecule has 19 heteroatoms. The maximum absolute atomic E-state index is 13.4. The number of aromatic nitrogens is 3. The number of methoxy groups -OCH3 is 1. The van der Waals surface area contributed by atoms with Crippen molar-refractivity contribution in [1.82, 2.24) is 46.1 Å². The number of carbonyl (C=O) groups is 4. The minimum absolute atomic E-state index is 0.0193. The van der Waals surface area contributed by atoms with Gasteiger partial charge in [-0.25, -0.2) is 9.48 Å². The maximum atomic E-state index is 13.4. The van der Waals surface area contributed by atoms with E-state index in [2.05, 4.69) is 85.1 Å². The lowest BCUT2D eigenvalue weighted by Gasteiger charge is -2.34. The lowest BCUT2D eigenvalue weighted by atomic mass is 9.92. The number of carbonyl (C=O) groups excluding carboxylic acids is 4. The van der Waals surface area contributed by atoms with Gasteiger partial charge in [0.15, 0.2) is 0 Å². The van der Waals surface area contributed by atoms with Crippen molar-refractivity contribution in [1.29, 1.82) is 0 Å². The molecule has 2 saturated heterocycles. The van der Waals surface area contributed by atoms with Gasteiger partial charge in [0.1, 0.15) is 0 Å². The fourth-order valence-corrected chi connectivity index (χ4v) is 10.0. The summed E-state index contributed by atoms with van der Waals surface area (Å²) in [7, 11) is 3.82. The first kappa shape index (κ1) is 55.5. The monoisotopic (exact) mass is 952 g/mol. The molecule has 3 aliphatic rings. The van der Waals surface area contributed by atoms with E-state index < -0.39 is 0 Å². The van der Waals surface area contributed by atoms with Gasteiger partial charge in [0, 0.05) is 113 Å². The summed E-state index contributed by atoms with van der Waals surface area (Å²) in [5.74, 6) is 0.971. The highest BCUT2D eigenvalue weighted by Crippen LogP contribution is 2.33. The Morgan fingerprint density at radius 3 is 2.14 bits per heavy atom. The van der Waals surface area contributed by atoms with Crippen LogP contribution in [0.4, 0.5) is 4.79 Å². The van der Waals surface area contributed by atoms with E-state index in [0.717, 1.165) is 49.4 Å². The molecule has 378 valence electrons. The molecule has 4 N–H and O–H groups in total. The van der Waals surface area contributed by atoms with Gasteiger partial charge in [0.05, 0.1) is 75.8 Å². The number of nitrogens with zero attached hydrogens (tertiary/aromatic N) is 5. The van der Waals surface area contributed by atoms with E-state index in [1.807, 2.05) is 21.3 Å². The lowest BCUT2D eigenvalue weighted by Crippen LogP contribution is -2.42. The summed E-state index contributed by atoms with van der Waals surface area (Å²) in [6.07, 6.45) is 6.85. The second-order valence-corrected chi connectivity index (χ2v) is 21.4. The average molecular weight is 952 g/mol. The SMILES string of the molecule is CO[C@@H]1Cc2nnn(CC(C)(C)COCC(C)(C)CN(C)C(C)C)c2CCN(C(=O)CCCC(=O)NCCCOCCOCCOCCCNC(=O)CCCC[C@@H]2SC[C@@H]3NC(=O)N[C@@H]32)C1. The molecule has 0 aromatic carbocycles. The second-order valence-electron chi connectivity index (χ2n) is 20.1. The topological polar surface area (TPSA) is 200 Å². The third kappa shape index (κ3) is 20.7. The molecular weight excluding hydrogens is 867 g/mol. The van der Waals surface area contributed by atoms with Crippen LogP contribution >= 0.6 is 11.8 Å². The molecular formula is C47H85N9O9S. The summed E-state index contributed by atoms with van der Waals surface area (Å²) in [6, 6.07) is 0.877. The van der Waals surface area contributed by atoms with Crippen molar-refractivity contribution in [3.63, 3.8) is 0 Å². The van der Waals surface area contributed by atoms with Gasteiger partial charge in [-0.3, -0.25) is 14.4 Å². The van der Waals surface area contributed by atoms with Crippen molar-refractivity contribution in [2.45, 2.75) is 148 Å². The number of fused-ring (bicyclic) bond motifs is 2. The lowest BCUT2D eigenvalue weighted by molar-refractivity contribution is -0.133. The Morgan fingerprint density at radius 1 is 0.848 bits per heavy atom. The van der Waals surface area contributed by atoms with Crippen molar-refractivity contribution in [3.05, 3.63) is 11.4 Å². The number of ether oxygens (including phenoxy) is 5. The summed E-state index contributed by atoms with van der Waals surface area (Å²) in [5, 5.41) is 21.4.